The van der Waals surface area contributed by atoms with Crippen LogP contribution in [0.2, 0.25) is 0 Å². The first-order valence-electron chi connectivity index (χ1n) is 6.05. The van der Waals surface area contributed by atoms with Crippen LogP contribution in [0.5, 0.6) is 0 Å². The van der Waals surface area contributed by atoms with Gasteiger partial charge in [0.1, 0.15) is 0 Å². The number of piperidine rings is 1. The first kappa shape index (κ1) is 16.3. The highest BCUT2D eigenvalue weighted by atomic mass is 32.2. The van der Waals surface area contributed by atoms with Crippen LogP contribution in [-0.4, -0.2) is 50.1 Å². The second kappa shape index (κ2) is 6.58. The van der Waals surface area contributed by atoms with E-state index in [1.165, 1.54) is 0 Å². The van der Waals surface area contributed by atoms with Gasteiger partial charge in [-0.25, -0.2) is 8.42 Å². The average Bonchev–Trinajstić information content (AvgIpc) is 2.36. The molecule has 112 valence electrons. The summed E-state index contributed by atoms with van der Waals surface area (Å²) in [5, 5.41) is 2.65. The fourth-order valence-corrected chi connectivity index (χ4v) is 2.83. The maximum absolute atomic E-state index is 12.3. The first-order valence-corrected chi connectivity index (χ1v) is 7.56. The first-order chi connectivity index (χ1) is 8.75. The van der Waals surface area contributed by atoms with E-state index in [1.54, 1.807) is 6.92 Å². The van der Waals surface area contributed by atoms with E-state index >= 15 is 0 Å². The van der Waals surface area contributed by atoms with Crippen LogP contribution < -0.4 is 11.1 Å². The van der Waals surface area contributed by atoms with Crippen LogP contribution in [0.25, 0.3) is 0 Å². The Morgan fingerprint density at radius 1 is 1.42 bits per heavy atom. The molecule has 1 heterocycles. The highest BCUT2D eigenvalue weighted by molar-refractivity contribution is 7.89. The van der Waals surface area contributed by atoms with Gasteiger partial charge < -0.3 is 11.1 Å². The third-order valence-electron chi connectivity index (χ3n) is 3.14. The lowest BCUT2D eigenvalue weighted by Crippen LogP contribution is -2.45. The number of hydrogen-bond donors (Lipinski definition) is 2. The van der Waals surface area contributed by atoms with E-state index in [0.29, 0.717) is 19.4 Å². The molecule has 0 unspecified atom stereocenters. The van der Waals surface area contributed by atoms with Crippen LogP contribution in [0.1, 0.15) is 19.8 Å². The SMILES string of the molecule is C[C@@H](N)C(=O)NCC1CCN(S(=O)(=O)C(F)F)CC1. The maximum atomic E-state index is 12.3. The second-order valence-electron chi connectivity index (χ2n) is 4.68. The zero-order valence-electron chi connectivity index (χ0n) is 10.7. The van der Waals surface area contributed by atoms with Gasteiger partial charge in [-0.15, -0.1) is 0 Å². The molecule has 0 saturated carbocycles. The van der Waals surface area contributed by atoms with Gasteiger partial charge in [0.25, 0.3) is 10.0 Å². The Hall–Kier alpha value is -0.800. The minimum Gasteiger partial charge on any atom is -0.354 e. The van der Waals surface area contributed by atoms with E-state index in [9.17, 15) is 22.0 Å². The molecule has 0 aromatic carbocycles. The van der Waals surface area contributed by atoms with Gasteiger partial charge in [-0.3, -0.25) is 4.79 Å². The summed E-state index contributed by atoms with van der Waals surface area (Å²) >= 11 is 0. The van der Waals surface area contributed by atoms with Gasteiger partial charge in [-0.05, 0) is 25.7 Å². The minimum atomic E-state index is -4.48. The number of sulfonamides is 1. The van der Waals surface area contributed by atoms with Gasteiger partial charge in [-0.1, -0.05) is 0 Å². The molecule has 1 rings (SSSR count). The van der Waals surface area contributed by atoms with E-state index in [-0.39, 0.29) is 24.9 Å². The van der Waals surface area contributed by atoms with E-state index < -0.39 is 21.8 Å². The zero-order valence-corrected chi connectivity index (χ0v) is 11.5. The molecule has 1 saturated heterocycles. The number of nitrogens with one attached hydrogen (secondary N) is 1. The van der Waals surface area contributed by atoms with E-state index in [2.05, 4.69) is 5.32 Å². The molecule has 9 heteroatoms. The van der Waals surface area contributed by atoms with E-state index in [4.69, 9.17) is 5.73 Å². The Balaban J connectivity index is 2.40. The van der Waals surface area contributed by atoms with E-state index in [1.807, 2.05) is 0 Å². The lowest BCUT2D eigenvalue weighted by molar-refractivity contribution is -0.122. The van der Waals surface area contributed by atoms with Crippen molar-refractivity contribution >= 4 is 15.9 Å². The normalized spacial score (nSPS) is 20.5. The van der Waals surface area contributed by atoms with Crippen molar-refractivity contribution in [3.8, 4) is 0 Å². The molecular formula is C10H19F2N3O3S. The number of alkyl halides is 2. The van der Waals surface area contributed by atoms with Crippen molar-refractivity contribution in [3.63, 3.8) is 0 Å². The van der Waals surface area contributed by atoms with Crippen molar-refractivity contribution in [3.05, 3.63) is 0 Å². The summed E-state index contributed by atoms with van der Waals surface area (Å²) in [5.41, 5.74) is 5.38. The Kier molecular flexibility index (Phi) is 5.63. The van der Waals surface area contributed by atoms with Gasteiger partial charge >= 0.3 is 5.76 Å². The summed E-state index contributed by atoms with van der Waals surface area (Å²) in [6.45, 7) is 2.08. The van der Waals surface area contributed by atoms with Crippen LogP contribution in [-0.2, 0) is 14.8 Å². The molecule has 1 aliphatic heterocycles. The van der Waals surface area contributed by atoms with Crippen LogP contribution in [0.4, 0.5) is 8.78 Å². The number of halogens is 2. The number of rotatable bonds is 5. The number of carbonyl (C=O) groups is 1. The van der Waals surface area contributed by atoms with Gasteiger partial charge in [-0.2, -0.15) is 13.1 Å². The molecule has 0 bridgehead atoms. The van der Waals surface area contributed by atoms with Crippen molar-refractivity contribution < 1.29 is 22.0 Å². The lowest BCUT2D eigenvalue weighted by atomic mass is 9.98. The molecule has 0 aromatic heterocycles. The van der Waals surface area contributed by atoms with Crippen LogP contribution >= 0.6 is 0 Å². The summed E-state index contributed by atoms with van der Waals surface area (Å²) in [7, 11) is -4.48. The maximum Gasteiger partial charge on any atom is 0.350 e. The molecule has 0 radical (unpaired) electrons. The molecule has 1 fully saturated rings. The van der Waals surface area contributed by atoms with Gasteiger partial charge in [0.15, 0.2) is 0 Å². The zero-order chi connectivity index (χ0) is 14.6. The standard InChI is InChI=1S/C10H19F2N3O3S/c1-7(13)9(16)14-6-8-2-4-15(5-3-8)19(17,18)10(11)12/h7-8,10H,2-6,13H2,1H3,(H,14,16)/t7-/m1/s1. The smallest absolute Gasteiger partial charge is 0.350 e. The third-order valence-corrected chi connectivity index (χ3v) is 4.67. The molecule has 19 heavy (non-hydrogen) atoms. The number of nitrogens with two attached hydrogens (primary N) is 1. The predicted molar refractivity (Wildman–Crippen MR) is 65.9 cm³/mol. The minimum absolute atomic E-state index is 0.0609. The van der Waals surface area contributed by atoms with Gasteiger partial charge in [0.05, 0.1) is 6.04 Å². The van der Waals surface area contributed by atoms with Gasteiger partial charge in [0, 0.05) is 19.6 Å². The van der Waals surface area contributed by atoms with E-state index in [0.717, 1.165) is 4.31 Å². The summed E-state index contributed by atoms with van der Waals surface area (Å²) in [4.78, 5) is 11.3. The molecule has 3 N–H and O–H groups in total. The average molecular weight is 299 g/mol. The van der Waals surface area contributed by atoms with Gasteiger partial charge in [0.2, 0.25) is 5.91 Å². The number of hydrogen-bond acceptors (Lipinski definition) is 4. The Bertz CT molecular complexity index is 406. The van der Waals surface area contributed by atoms with Crippen molar-refractivity contribution in [2.24, 2.45) is 11.7 Å². The highest BCUT2D eigenvalue weighted by Gasteiger charge is 2.34. The third kappa shape index (κ3) is 4.36. The van der Waals surface area contributed by atoms with Crippen molar-refractivity contribution in [1.82, 2.24) is 9.62 Å². The fourth-order valence-electron chi connectivity index (χ4n) is 1.89. The summed E-state index contributed by atoms with van der Waals surface area (Å²) in [5.74, 6) is -3.56. The lowest BCUT2D eigenvalue weighted by Gasteiger charge is -2.31. The molecule has 0 aromatic rings. The Labute approximate surface area is 111 Å². The van der Waals surface area contributed by atoms with Crippen molar-refractivity contribution in [1.29, 1.82) is 0 Å². The number of carbonyl (C=O) groups excluding carboxylic acids is 1. The number of nitrogens with zero attached hydrogens (tertiary/aromatic N) is 1. The van der Waals surface area contributed by atoms with Crippen molar-refractivity contribution in [2.75, 3.05) is 19.6 Å². The quantitative estimate of drug-likeness (QED) is 0.730. The topological polar surface area (TPSA) is 92.5 Å². The Morgan fingerprint density at radius 3 is 2.37 bits per heavy atom. The summed E-state index contributed by atoms with van der Waals surface area (Å²) < 4.78 is 48.0. The summed E-state index contributed by atoms with van der Waals surface area (Å²) in [6, 6.07) is -0.598. The largest absolute Gasteiger partial charge is 0.354 e. The summed E-state index contributed by atoms with van der Waals surface area (Å²) in [6.07, 6.45) is 0.899. The van der Waals surface area contributed by atoms with Crippen molar-refractivity contribution in [2.45, 2.75) is 31.6 Å². The predicted octanol–water partition coefficient (Wildman–Crippen LogP) is -0.286. The fraction of sp³-hybridized carbons (Fsp3) is 0.900. The molecule has 6 nitrogen and oxygen atoms in total. The van der Waals surface area contributed by atoms with Crippen LogP contribution in [0.15, 0.2) is 0 Å². The molecule has 1 atom stereocenters. The molecule has 0 aliphatic carbocycles. The van der Waals surface area contributed by atoms with Crippen LogP contribution in [0, 0.1) is 5.92 Å². The molecular weight excluding hydrogens is 280 g/mol. The molecule has 1 amide bonds. The second-order valence-corrected chi connectivity index (χ2v) is 6.58. The number of amides is 1. The molecule has 1 aliphatic rings. The van der Waals surface area contributed by atoms with Crippen LogP contribution in [0.3, 0.4) is 0 Å². The Morgan fingerprint density at radius 2 is 1.95 bits per heavy atom. The molecule has 0 spiro atoms. The highest BCUT2D eigenvalue weighted by Crippen LogP contribution is 2.22. The monoisotopic (exact) mass is 299 g/mol.